The van der Waals surface area contributed by atoms with Crippen LogP contribution in [0.25, 0.3) is 0 Å². The number of hydrogen-bond donors (Lipinski definition) is 2. The number of hydrogen-bond acceptors (Lipinski definition) is 3. The summed E-state index contributed by atoms with van der Waals surface area (Å²) in [5.41, 5.74) is 8.25. The largest absolute Gasteiger partial charge is 0.393 e. The van der Waals surface area contributed by atoms with Crippen molar-refractivity contribution in [1.29, 1.82) is 0 Å². The van der Waals surface area contributed by atoms with Crippen LogP contribution >= 0.6 is 12.2 Å². The van der Waals surface area contributed by atoms with Crippen LogP contribution in [0.15, 0.2) is 18.2 Å². The van der Waals surface area contributed by atoms with Gasteiger partial charge in [0.2, 0.25) is 0 Å². The van der Waals surface area contributed by atoms with Crippen LogP contribution in [0.1, 0.15) is 27.9 Å². The number of nitrogens with one attached hydrogen (secondary N) is 1. The van der Waals surface area contributed by atoms with Gasteiger partial charge in [-0.05, 0) is 23.3 Å². The first-order valence-electron chi connectivity index (χ1n) is 5.43. The average molecular weight is 250 g/mol. The molecular formula is C12H14N2O2S. The molecule has 0 bridgehead atoms. The lowest BCUT2D eigenvalue weighted by Crippen LogP contribution is -2.27. The van der Waals surface area contributed by atoms with E-state index in [1.807, 2.05) is 18.2 Å². The number of benzene rings is 1. The van der Waals surface area contributed by atoms with Gasteiger partial charge in [-0.1, -0.05) is 18.3 Å². The molecule has 2 rings (SSSR count). The van der Waals surface area contributed by atoms with Crippen LogP contribution in [0.2, 0.25) is 0 Å². The van der Waals surface area contributed by atoms with Crippen molar-refractivity contribution in [1.82, 2.24) is 5.32 Å². The second kappa shape index (κ2) is 5.25. The maximum Gasteiger partial charge on any atom is 0.251 e. The summed E-state index contributed by atoms with van der Waals surface area (Å²) in [6.45, 7) is 1.70. The van der Waals surface area contributed by atoms with E-state index in [2.05, 4.69) is 5.32 Å². The number of fused-ring (bicyclic) bond motifs is 1. The van der Waals surface area contributed by atoms with Gasteiger partial charge in [0.1, 0.15) is 0 Å². The smallest absolute Gasteiger partial charge is 0.251 e. The SMILES string of the molecule is NC(=S)CCNC(=O)c1ccc2c(c1)COC2. The van der Waals surface area contributed by atoms with Crippen molar-refractivity contribution in [3.8, 4) is 0 Å². The second-order valence-corrected chi connectivity index (χ2v) is 4.47. The maximum atomic E-state index is 11.8. The molecular weight excluding hydrogens is 236 g/mol. The zero-order chi connectivity index (χ0) is 12.3. The van der Waals surface area contributed by atoms with E-state index in [4.69, 9.17) is 22.7 Å². The Kier molecular flexibility index (Phi) is 3.71. The van der Waals surface area contributed by atoms with Crippen LogP contribution < -0.4 is 11.1 Å². The quantitative estimate of drug-likeness (QED) is 0.786. The van der Waals surface area contributed by atoms with Crippen molar-refractivity contribution >= 4 is 23.1 Å². The molecule has 0 fully saturated rings. The van der Waals surface area contributed by atoms with Gasteiger partial charge in [0.05, 0.1) is 18.2 Å². The number of carbonyl (C=O) groups excluding carboxylic acids is 1. The van der Waals surface area contributed by atoms with E-state index in [0.717, 1.165) is 11.1 Å². The van der Waals surface area contributed by atoms with Crippen LogP contribution in [0, 0.1) is 0 Å². The molecule has 0 aliphatic carbocycles. The van der Waals surface area contributed by atoms with Crippen LogP contribution in [0.5, 0.6) is 0 Å². The van der Waals surface area contributed by atoms with E-state index in [1.165, 1.54) is 0 Å². The highest BCUT2D eigenvalue weighted by Crippen LogP contribution is 2.20. The van der Waals surface area contributed by atoms with Crippen molar-refractivity contribution < 1.29 is 9.53 Å². The van der Waals surface area contributed by atoms with Gasteiger partial charge < -0.3 is 15.8 Å². The Balaban J connectivity index is 1.97. The van der Waals surface area contributed by atoms with Gasteiger partial charge in [-0.25, -0.2) is 0 Å². The van der Waals surface area contributed by atoms with Gasteiger partial charge in [0.25, 0.3) is 5.91 Å². The first kappa shape index (κ1) is 12.0. The van der Waals surface area contributed by atoms with Crippen molar-refractivity contribution in [2.24, 2.45) is 5.73 Å². The predicted octanol–water partition coefficient (Wildman–Crippen LogP) is 1.12. The molecule has 1 amide bonds. The molecule has 3 N–H and O–H groups in total. The van der Waals surface area contributed by atoms with Crippen molar-refractivity contribution in [3.05, 3.63) is 34.9 Å². The zero-order valence-corrected chi connectivity index (χ0v) is 10.2. The summed E-state index contributed by atoms with van der Waals surface area (Å²) < 4.78 is 5.30. The molecule has 17 heavy (non-hydrogen) atoms. The fourth-order valence-corrected chi connectivity index (χ4v) is 1.82. The number of ether oxygens (including phenoxy) is 1. The molecule has 1 heterocycles. The highest BCUT2D eigenvalue weighted by atomic mass is 32.1. The number of nitrogens with two attached hydrogens (primary N) is 1. The van der Waals surface area contributed by atoms with Crippen LogP contribution in [0.4, 0.5) is 0 Å². The summed E-state index contributed by atoms with van der Waals surface area (Å²) in [7, 11) is 0. The fourth-order valence-electron chi connectivity index (χ4n) is 1.71. The maximum absolute atomic E-state index is 11.8. The number of carbonyl (C=O) groups is 1. The van der Waals surface area contributed by atoms with Gasteiger partial charge in [-0.3, -0.25) is 4.79 Å². The van der Waals surface area contributed by atoms with E-state index in [1.54, 1.807) is 0 Å². The van der Waals surface area contributed by atoms with Gasteiger partial charge in [0, 0.05) is 18.5 Å². The summed E-state index contributed by atoms with van der Waals surface area (Å²) in [4.78, 5) is 12.2. The summed E-state index contributed by atoms with van der Waals surface area (Å²) in [6.07, 6.45) is 0.523. The van der Waals surface area contributed by atoms with Crippen LogP contribution in [-0.2, 0) is 18.0 Å². The molecule has 1 aliphatic heterocycles. The Bertz CT molecular complexity index is 460. The van der Waals surface area contributed by atoms with Crippen LogP contribution in [0.3, 0.4) is 0 Å². The van der Waals surface area contributed by atoms with Gasteiger partial charge in [-0.2, -0.15) is 0 Å². The molecule has 1 aliphatic rings. The molecule has 1 aromatic carbocycles. The minimum absolute atomic E-state index is 0.101. The van der Waals surface area contributed by atoms with E-state index in [0.29, 0.717) is 36.7 Å². The Morgan fingerprint density at radius 2 is 2.18 bits per heavy atom. The van der Waals surface area contributed by atoms with Crippen LogP contribution in [-0.4, -0.2) is 17.4 Å². The third kappa shape index (κ3) is 3.01. The van der Waals surface area contributed by atoms with Crippen molar-refractivity contribution in [2.45, 2.75) is 19.6 Å². The van der Waals surface area contributed by atoms with E-state index in [9.17, 15) is 4.79 Å². The Hall–Kier alpha value is -1.46. The summed E-state index contributed by atoms with van der Waals surface area (Å²) >= 11 is 4.74. The van der Waals surface area contributed by atoms with Crippen molar-refractivity contribution in [3.63, 3.8) is 0 Å². The highest BCUT2D eigenvalue weighted by molar-refractivity contribution is 7.80. The molecule has 0 saturated carbocycles. The minimum Gasteiger partial charge on any atom is -0.393 e. The number of rotatable bonds is 4. The molecule has 0 radical (unpaired) electrons. The lowest BCUT2D eigenvalue weighted by molar-refractivity contribution is 0.0954. The number of thiocarbonyl (C=S) groups is 1. The third-order valence-corrected chi connectivity index (χ3v) is 2.84. The lowest BCUT2D eigenvalue weighted by Gasteiger charge is -2.05. The Morgan fingerprint density at radius 3 is 2.94 bits per heavy atom. The van der Waals surface area contributed by atoms with Crippen molar-refractivity contribution in [2.75, 3.05) is 6.54 Å². The Labute approximate surface area is 105 Å². The van der Waals surface area contributed by atoms with E-state index < -0.39 is 0 Å². The normalized spacial score (nSPS) is 13.2. The second-order valence-electron chi connectivity index (χ2n) is 3.95. The van der Waals surface area contributed by atoms with Gasteiger partial charge in [-0.15, -0.1) is 0 Å². The third-order valence-electron chi connectivity index (χ3n) is 2.64. The lowest BCUT2D eigenvalue weighted by atomic mass is 10.1. The van der Waals surface area contributed by atoms with Gasteiger partial charge in [0.15, 0.2) is 0 Å². The Morgan fingerprint density at radius 1 is 1.41 bits per heavy atom. The molecule has 0 unspecified atom stereocenters. The molecule has 90 valence electrons. The fraction of sp³-hybridized carbons (Fsp3) is 0.333. The summed E-state index contributed by atoms with van der Waals surface area (Å²) in [5.74, 6) is -0.101. The minimum atomic E-state index is -0.101. The molecule has 0 spiro atoms. The summed E-state index contributed by atoms with van der Waals surface area (Å²) in [6, 6.07) is 5.62. The zero-order valence-electron chi connectivity index (χ0n) is 9.36. The molecule has 0 saturated heterocycles. The standard InChI is InChI=1S/C12H14N2O2S/c13-11(17)3-4-14-12(15)8-1-2-9-6-16-7-10(9)5-8/h1-2,5H,3-4,6-7H2,(H2,13,17)(H,14,15). The highest BCUT2D eigenvalue weighted by Gasteiger charge is 2.13. The number of amides is 1. The molecule has 0 atom stereocenters. The van der Waals surface area contributed by atoms with E-state index in [-0.39, 0.29) is 5.91 Å². The molecule has 4 nitrogen and oxygen atoms in total. The molecule has 1 aromatic rings. The molecule has 5 heteroatoms. The first-order chi connectivity index (χ1) is 8.16. The predicted molar refractivity (Wildman–Crippen MR) is 68.7 cm³/mol. The molecule has 0 aromatic heterocycles. The topological polar surface area (TPSA) is 64.3 Å². The van der Waals surface area contributed by atoms with E-state index >= 15 is 0 Å². The monoisotopic (exact) mass is 250 g/mol. The first-order valence-corrected chi connectivity index (χ1v) is 5.83. The average Bonchev–Trinajstić information content (AvgIpc) is 2.75. The summed E-state index contributed by atoms with van der Waals surface area (Å²) in [5, 5.41) is 2.77. The van der Waals surface area contributed by atoms with Gasteiger partial charge >= 0.3 is 0 Å².